The van der Waals surface area contributed by atoms with Crippen molar-refractivity contribution in [3.8, 4) is 5.75 Å². The number of ether oxygens (including phenoxy) is 1. The van der Waals surface area contributed by atoms with Gasteiger partial charge < -0.3 is 9.64 Å². The Morgan fingerprint density at radius 1 is 1.15 bits per heavy atom. The van der Waals surface area contributed by atoms with E-state index in [1.54, 1.807) is 47.4 Å². The number of halogens is 2. The number of hydrogen-bond donors (Lipinski definition) is 0. The first-order valence-corrected chi connectivity index (χ1v) is 8.21. The van der Waals surface area contributed by atoms with Gasteiger partial charge in [-0.1, -0.05) is 30.3 Å². The van der Waals surface area contributed by atoms with Crippen LogP contribution < -0.4 is 9.64 Å². The average Bonchev–Trinajstić information content (AvgIpc) is 3.06. The third kappa shape index (κ3) is 4.14. The molecular formula is C20H17F2NO3. The minimum atomic E-state index is -2.94. The normalized spacial score (nSPS) is 14.4. The number of alkyl halides is 2. The molecule has 1 heterocycles. The molecule has 0 radical (unpaired) electrons. The Kier molecular flexibility index (Phi) is 5.41. The maximum absolute atomic E-state index is 12.4. The lowest BCUT2D eigenvalue weighted by atomic mass is 10.1. The molecule has 1 aliphatic heterocycles. The summed E-state index contributed by atoms with van der Waals surface area (Å²) in [4.78, 5) is 25.9. The number of amides is 1. The summed E-state index contributed by atoms with van der Waals surface area (Å²) in [6.07, 6.45) is 4.06. The van der Waals surface area contributed by atoms with Crippen molar-refractivity contribution in [2.45, 2.75) is 19.5 Å². The lowest BCUT2D eigenvalue weighted by Gasteiger charge is -2.16. The van der Waals surface area contributed by atoms with E-state index in [0.717, 1.165) is 6.42 Å². The van der Waals surface area contributed by atoms with Crippen LogP contribution in [-0.2, 0) is 4.79 Å². The van der Waals surface area contributed by atoms with E-state index in [-0.39, 0.29) is 17.4 Å². The average molecular weight is 357 g/mol. The molecule has 4 nitrogen and oxygen atoms in total. The Morgan fingerprint density at radius 2 is 1.96 bits per heavy atom. The second kappa shape index (κ2) is 7.91. The van der Waals surface area contributed by atoms with E-state index in [1.165, 1.54) is 18.2 Å². The summed E-state index contributed by atoms with van der Waals surface area (Å²) >= 11 is 0. The molecule has 0 atom stereocenters. The molecule has 0 unspecified atom stereocenters. The summed E-state index contributed by atoms with van der Waals surface area (Å²) < 4.78 is 29.3. The Bertz CT molecular complexity index is 848. The van der Waals surface area contributed by atoms with E-state index < -0.39 is 6.61 Å². The molecule has 1 aliphatic rings. The molecule has 0 aromatic heterocycles. The summed E-state index contributed by atoms with van der Waals surface area (Å²) in [6.45, 7) is -2.29. The number of allylic oxidation sites excluding steroid dienone is 1. The number of carbonyl (C=O) groups is 2. The number of hydrogen-bond acceptors (Lipinski definition) is 3. The lowest BCUT2D eigenvalue weighted by molar-refractivity contribution is -0.117. The maximum atomic E-state index is 12.4. The molecule has 1 fully saturated rings. The molecular weight excluding hydrogens is 340 g/mol. The molecule has 2 aromatic rings. The topological polar surface area (TPSA) is 46.6 Å². The molecule has 2 aromatic carbocycles. The van der Waals surface area contributed by atoms with Crippen molar-refractivity contribution in [2.75, 3.05) is 11.4 Å². The van der Waals surface area contributed by atoms with E-state index in [4.69, 9.17) is 0 Å². The highest BCUT2D eigenvalue weighted by Crippen LogP contribution is 2.24. The van der Waals surface area contributed by atoms with Crippen molar-refractivity contribution in [3.05, 3.63) is 65.7 Å². The number of para-hydroxylation sites is 1. The van der Waals surface area contributed by atoms with Gasteiger partial charge >= 0.3 is 6.61 Å². The highest BCUT2D eigenvalue weighted by Gasteiger charge is 2.22. The zero-order valence-corrected chi connectivity index (χ0v) is 13.9. The monoisotopic (exact) mass is 357 g/mol. The summed E-state index contributed by atoms with van der Waals surface area (Å²) in [7, 11) is 0. The molecule has 6 heteroatoms. The van der Waals surface area contributed by atoms with E-state index in [1.807, 2.05) is 0 Å². The minimum Gasteiger partial charge on any atom is -0.434 e. The van der Waals surface area contributed by atoms with Crippen molar-refractivity contribution in [2.24, 2.45) is 0 Å². The Morgan fingerprint density at radius 3 is 2.69 bits per heavy atom. The minimum absolute atomic E-state index is 0.00274. The predicted octanol–water partition coefficient (Wildman–Crippen LogP) is 4.31. The summed E-state index contributed by atoms with van der Waals surface area (Å²) in [6, 6.07) is 13.1. The largest absolute Gasteiger partial charge is 0.434 e. The van der Waals surface area contributed by atoms with Crippen LogP contribution >= 0.6 is 0 Å². The van der Waals surface area contributed by atoms with Gasteiger partial charge in [0.15, 0.2) is 5.78 Å². The number of anilines is 1. The molecule has 0 saturated carbocycles. The predicted molar refractivity (Wildman–Crippen MR) is 94.5 cm³/mol. The van der Waals surface area contributed by atoms with Crippen molar-refractivity contribution in [1.82, 2.24) is 0 Å². The summed E-state index contributed by atoms with van der Waals surface area (Å²) in [5.41, 5.74) is 1.49. The second-order valence-corrected chi connectivity index (χ2v) is 5.81. The Balaban J connectivity index is 1.78. The van der Waals surface area contributed by atoms with Gasteiger partial charge in [0, 0.05) is 29.8 Å². The van der Waals surface area contributed by atoms with Crippen LogP contribution in [0.4, 0.5) is 14.5 Å². The van der Waals surface area contributed by atoms with Crippen molar-refractivity contribution in [1.29, 1.82) is 0 Å². The van der Waals surface area contributed by atoms with E-state index >= 15 is 0 Å². The molecule has 0 spiro atoms. The molecule has 134 valence electrons. The quantitative estimate of drug-likeness (QED) is 0.572. The van der Waals surface area contributed by atoms with E-state index in [0.29, 0.717) is 29.8 Å². The molecule has 0 N–H and O–H groups in total. The van der Waals surface area contributed by atoms with Crippen LogP contribution in [0.5, 0.6) is 5.75 Å². The number of benzene rings is 2. The van der Waals surface area contributed by atoms with Gasteiger partial charge in [0.2, 0.25) is 5.91 Å². The summed E-state index contributed by atoms with van der Waals surface area (Å²) in [5, 5.41) is 0. The second-order valence-electron chi connectivity index (χ2n) is 5.81. The molecule has 3 rings (SSSR count). The molecule has 0 bridgehead atoms. The fourth-order valence-electron chi connectivity index (χ4n) is 2.83. The number of nitrogens with zero attached hydrogens (tertiary/aromatic N) is 1. The Labute approximate surface area is 149 Å². The van der Waals surface area contributed by atoms with Crippen LogP contribution in [0, 0.1) is 0 Å². The zero-order chi connectivity index (χ0) is 18.5. The molecule has 26 heavy (non-hydrogen) atoms. The Hall–Kier alpha value is -3.02. The number of ketones is 1. The standard InChI is InChI=1S/C20H17F2NO3/c21-20(22)26-18-8-2-1-5-14(18)10-11-17(24)15-6-3-7-16(13-15)23-12-4-9-19(23)25/h1-3,5-8,10-11,13,20H,4,9,12H2/b11-10+. The fraction of sp³-hybridized carbons (Fsp3) is 0.200. The van der Waals surface area contributed by atoms with Crippen LogP contribution in [0.2, 0.25) is 0 Å². The van der Waals surface area contributed by atoms with Gasteiger partial charge in [-0.25, -0.2) is 0 Å². The van der Waals surface area contributed by atoms with Crippen molar-refractivity contribution < 1.29 is 23.1 Å². The number of carbonyl (C=O) groups excluding carboxylic acids is 2. The van der Waals surface area contributed by atoms with Gasteiger partial charge in [-0.2, -0.15) is 8.78 Å². The van der Waals surface area contributed by atoms with Gasteiger partial charge in [0.05, 0.1) is 0 Å². The molecule has 1 amide bonds. The number of rotatable bonds is 6. The van der Waals surface area contributed by atoms with E-state index in [9.17, 15) is 18.4 Å². The lowest BCUT2D eigenvalue weighted by Crippen LogP contribution is -2.23. The molecule has 1 saturated heterocycles. The van der Waals surface area contributed by atoms with Gasteiger partial charge in [0.25, 0.3) is 0 Å². The first kappa shape index (κ1) is 17.8. The molecule has 0 aliphatic carbocycles. The maximum Gasteiger partial charge on any atom is 0.387 e. The highest BCUT2D eigenvalue weighted by molar-refractivity contribution is 6.08. The SMILES string of the molecule is O=C(/C=C/c1ccccc1OC(F)F)c1cccc(N2CCCC2=O)c1. The first-order valence-electron chi connectivity index (χ1n) is 8.21. The van der Waals surface area contributed by atoms with Crippen LogP contribution in [0.15, 0.2) is 54.6 Å². The van der Waals surface area contributed by atoms with Gasteiger partial charge in [-0.05, 0) is 36.8 Å². The van der Waals surface area contributed by atoms with Crippen molar-refractivity contribution >= 4 is 23.5 Å². The van der Waals surface area contributed by atoms with Crippen LogP contribution in [0.1, 0.15) is 28.8 Å². The van der Waals surface area contributed by atoms with Crippen molar-refractivity contribution in [3.63, 3.8) is 0 Å². The summed E-state index contributed by atoms with van der Waals surface area (Å²) in [5.74, 6) is -0.239. The van der Waals surface area contributed by atoms with Gasteiger partial charge in [-0.3, -0.25) is 9.59 Å². The van der Waals surface area contributed by atoms with Crippen LogP contribution in [0.25, 0.3) is 6.08 Å². The smallest absolute Gasteiger partial charge is 0.387 e. The fourth-order valence-corrected chi connectivity index (χ4v) is 2.83. The third-order valence-corrected chi connectivity index (χ3v) is 4.07. The zero-order valence-electron chi connectivity index (χ0n) is 13.9. The van der Waals surface area contributed by atoms with Gasteiger partial charge in [-0.15, -0.1) is 0 Å². The van der Waals surface area contributed by atoms with Gasteiger partial charge in [0.1, 0.15) is 5.75 Å². The van der Waals surface area contributed by atoms with Crippen LogP contribution in [0.3, 0.4) is 0 Å². The van der Waals surface area contributed by atoms with Crippen LogP contribution in [-0.4, -0.2) is 24.8 Å². The van der Waals surface area contributed by atoms with E-state index in [2.05, 4.69) is 4.74 Å². The third-order valence-electron chi connectivity index (χ3n) is 4.07. The highest BCUT2D eigenvalue weighted by atomic mass is 19.3. The first-order chi connectivity index (χ1) is 12.5.